The summed E-state index contributed by atoms with van der Waals surface area (Å²) in [7, 11) is 0. The van der Waals surface area contributed by atoms with Crippen LogP contribution in [0.1, 0.15) is 12.5 Å². The Morgan fingerprint density at radius 1 is 1.67 bits per heavy atom. The molecule has 0 bridgehead atoms. The van der Waals surface area contributed by atoms with E-state index in [0.717, 1.165) is 5.75 Å². The number of nitrogens with one attached hydrogen (secondary N) is 2. The molecule has 76 valence electrons. The Kier molecular flexibility index (Phi) is 2.47. The number of nitrogens with zero attached hydrogens (tertiary/aromatic N) is 2. The third-order valence-corrected chi connectivity index (χ3v) is 2.85. The Morgan fingerprint density at radius 2 is 2.47 bits per heavy atom. The molecule has 2 aromatic heterocycles. The second kappa shape index (κ2) is 3.79. The van der Waals surface area contributed by atoms with Crippen LogP contribution >= 0.6 is 11.8 Å². The predicted molar refractivity (Wildman–Crippen MR) is 57.8 cm³/mol. The molecular formula is C9H8N4OS. The van der Waals surface area contributed by atoms with Gasteiger partial charge < -0.3 is 9.97 Å². The maximum Gasteiger partial charge on any atom is 0.261 e. The average Bonchev–Trinajstić information content (AvgIpc) is 2.57. The minimum Gasteiger partial charge on any atom is -0.333 e. The Balaban J connectivity index is 2.82. The highest BCUT2D eigenvalue weighted by atomic mass is 32.2. The van der Waals surface area contributed by atoms with Gasteiger partial charge in [-0.15, -0.1) is 11.8 Å². The molecule has 0 radical (unpaired) electrons. The zero-order valence-electron chi connectivity index (χ0n) is 8.00. The number of rotatable bonds is 2. The molecule has 15 heavy (non-hydrogen) atoms. The monoisotopic (exact) mass is 220 g/mol. The first-order chi connectivity index (χ1) is 7.27. The van der Waals surface area contributed by atoms with Crippen molar-refractivity contribution in [3.63, 3.8) is 0 Å². The van der Waals surface area contributed by atoms with Crippen LogP contribution in [0.15, 0.2) is 16.1 Å². The van der Waals surface area contributed by atoms with Crippen molar-refractivity contribution in [3.8, 4) is 6.07 Å². The molecule has 2 N–H and O–H groups in total. The molecule has 2 aromatic rings. The Hall–Kier alpha value is -1.74. The average molecular weight is 220 g/mol. The first kappa shape index (κ1) is 9.80. The highest BCUT2D eigenvalue weighted by Crippen LogP contribution is 2.25. The van der Waals surface area contributed by atoms with Crippen molar-refractivity contribution in [1.29, 1.82) is 5.26 Å². The van der Waals surface area contributed by atoms with Crippen LogP contribution in [-0.2, 0) is 0 Å². The summed E-state index contributed by atoms with van der Waals surface area (Å²) >= 11 is 1.49. The lowest BCUT2D eigenvalue weighted by Crippen LogP contribution is -2.05. The fraction of sp³-hybridized carbons (Fsp3) is 0.222. The summed E-state index contributed by atoms with van der Waals surface area (Å²) in [6, 6.07) is 2.03. The fourth-order valence-corrected chi connectivity index (χ4v) is 2.12. The van der Waals surface area contributed by atoms with Gasteiger partial charge in [0, 0.05) is 0 Å². The van der Waals surface area contributed by atoms with Gasteiger partial charge >= 0.3 is 0 Å². The minimum absolute atomic E-state index is 0.282. The molecule has 0 saturated carbocycles. The molecule has 0 amide bonds. The van der Waals surface area contributed by atoms with Crippen LogP contribution in [0.4, 0.5) is 0 Å². The largest absolute Gasteiger partial charge is 0.333 e. The zero-order chi connectivity index (χ0) is 10.8. The summed E-state index contributed by atoms with van der Waals surface area (Å²) in [6.07, 6.45) is 1.32. The molecule has 5 nitrogen and oxygen atoms in total. The summed E-state index contributed by atoms with van der Waals surface area (Å²) in [4.78, 5) is 20.9. The lowest BCUT2D eigenvalue weighted by Gasteiger charge is -1.91. The van der Waals surface area contributed by atoms with E-state index < -0.39 is 0 Å². The van der Waals surface area contributed by atoms with Crippen LogP contribution in [0.5, 0.6) is 0 Å². The van der Waals surface area contributed by atoms with Crippen LogP contribution in [0.2, 0.25) is 0 Å². The summed E-state index contributed by atoms with van der Waals surface area (Å²) in [6.45, 7) is 1.98. The number of thioether (sulfide) groups is 1. The van der Waals surface area contributed by atoms with Gasteiger partial charge in [-0.25, -0.2) is 4.98 Å². The predicted octanol–water partition coefficient (Wildman–Crippen LogP) is 1.23. The van der Waals surface area contributed by atoms with Gasteiger partial charge in [0.25, 0.3) is 5.56 Å². The highest BCUT2D eigenvalue weighted by Gasteiger charge is 2.14. The smallest absolute Gasteiger partial charge is 0.261 e. The van der Waals surface area contributed by atoms with E-state index in [1.807, 2.05) is 13.0 Å². The molecule has 0 unspecified atom stereocenters. The van der Waals surface area contributed by atoms with E-state index in [9.17, 15) is 4.79 Å². The first-order valence-electron chi connectivity index (χ1n) is 4.40. The number of H-pyrrole nitrogens is 2. The van der Waals surface area contributed by atoms with Gasteiger partial charge in [0.05, 0.1) is 16.9 Å². The number of nitriles is 1. The topological polar surface area (TPSA) is 85.3 Å². The van der Waals surface area contributed by atoms with Crippen LogP contribution in [0, 0.1) is 11.3 Å². The summed E-state index contributed by atoms with van der Waals surface area (Å²) in [5.41, 5.74) is 0.563. The molecule has 2 rings (SSSR count). The fourth-order valence-electron chi connectivity index (χ4n) is 1.37. The lowest BCUT2D eigenvalue weighted by molar-refractivity contribution is 1.14. The van der Waals surface area contributed by atoms with Crippen LogP contribution in [0.25, 0.3) is 11.0 Å². The van der Waals surface area contributed by atoms with E-state index in [0.29, 0.717) is 21.6 Å². The maximum absolute atomic E-state index is 11.5. The molecular weight excluding hydrogens is 212 g/mol. The molecule has 0 aliphatic rings. The lowest BCUT2D eigenvalue weighted by atomic mass is 10.3. The van der Waals surface area contributed by atoms with Crippen molar-refractivity contribution in [3.05, 3.63) is 22.2 Å². The number of fused-ring (bicyclic) bond motifs is 1. The van der Waals surface area contributed by atoms with E-state index in [4.69, 9.17) is 5.26 Å². The Bertz CT molecular complexity index is 592. The van der Waals surface area contributed by atoms with Crippen molar-refractivity contribution in [1.82, 2.24) is 15.0 Å². The van der Waals surface area contributed by atoms with Crippen LogP contribution < -0.4 is 5.56 Å². The minimum atomic E-state index is -0.282. The number of aromatic amines is 2. The quantitative estimate of drug-likeness (QED) is 0.745. The van der Waals surface area contributed by atoms with Crippen LogP contribution in [0.3, 0.4) is 0 Å². The van der Waals surface area contributed by atoms with Crippen molar-refractivity contribution in [2.45, 2.75) is 11.9 Å². The van der Waals surface area contributed by atoms with Gasteiger partial charge in [0.1, 0.15) is 17.1 Å². The third kappa shape index (κ3) is 1.51. The second-order valence-electron chi connectivity index (χ2n) is 2.83. The van der Waals surface area contributed by atoms with Crippen molar-refractivity contribution in [2.75, 3.05) is 5.75 Å². The van der Waals surface area contributed by atoms with Crippen molar-refractivity contribution >= 4 is 22.8 Å². The second-order valence-corrected chi connectivity index (χ2v) is 4.10. The highest BCUT2D eigenvalue weighted by molar-refractivity contribution is 7.99. The van der Waals surface area contributed by atoms with Gasteiger partial charge in [-0.05, 0) is 5.75 Å². The summed E-state index contributed by atoms with van der Waals surface area (Å²) in [5, 5.41) is 10.0. The van der Waals surface area contributed by atoms with Crippen molar-refractivity contribution < 1.29 is 0 Å². The normalized spacial score (nSPS) is 10.4. The zero-order valence-corrected chi connectivity index (χ0v) is 8.81. The van der Waals surface area contributed by atoms with Gasteiger partial charge in [0.15, 0.2) is 0 Å². The van der Waals surface area contributed by atoms with E-state index >= 15 is 0 Å². The molecule has 0 saturated heterocycles. The van der Waals surface area contributed by atoms with Gasteiger partial charge in [-0.2, -0.15) is 5.26 Å². The Labute approximate surface area is 89.5 Å². The summed E-state index contributed by atoms with van der Waals surface area (Å²) < 4.78 is 0. The van der Waals surface area contributed by atoms with Gasteiger partial charge in [0.2, 0.25) is 0 Å². The SMILES string of the molecule is CCSc1[nH]c2nc[nH]c(=O)c2c1C#N. The van der Waals surface area contributed by atoms with E-state index in [2.05, 4.69) is 15.0 Å². The van der Waals surface area contributed by atoms with Crippen LogP contribution in [-0.4, -0.2) is 20.7 Å². The molecule has 0 fully saturated rings. The maximum atomic E-state index is 11.5. The van der Waals surface area contributed by atoms with E-state index in [-0.39, 0.29) is 5.56 Å². The number of hydrogen-bond acceptors (Lipinski definition) is 4. The van der Waals surface area contributed by atoms with E-state index in [1.165, 1.54) is 18.1 Å². The summed E-state index contributed by atoms with van der Waals surface area (Å²) in [5.74, 6) is 0.833. The first-order valence-corrected chi connectivity index (χ1v) is 5.38. The van der Waals surface area contributed by atoms with E-state index in [1.54, 1.807) is 0 Å². The van der Waals surface area contributed by atoms with Crippen molar-refractivity contribution in [2.24, 2.45) is 0 Å². The molecule has 2 heterocycles. The third-order valence-electron chi connectivity index (χ3n) is 1.96. The molecule has 0 aromatic carbocycles. The standard InChI is InChI=1S/C9H8N4OS/c1-2-15-9-5(3-10)6-7(13-9)11-4-12-8(6)14/h4H,2H2,1H3,(H2,11,12,13,14). The number of aromatic nitrogens is 3. The molecule has 6 heteroatoms. The Morgan fingerprint density at radius 3 is 3.13 bits per heavy atom. The van der Waals surface area contributed by atoms with Gasteiger partial charge in [-0.3, -0.25) is 4.79 Å². The molecule has 0 atom stereocenters. The molecule has 0 aliphatic heterocycles. The van der Waals surface area contributed by atoms with Gasteiger partial charge in [-0.1, -0.05) is 6.92 Å². The molecule has 0 spiro atoms. The molecule has 0 aliphatic carbocycles. The number of hydrogen-bond donors (Lipinski definition) is 2.